The molecule has 2 nitrogen and oxygen atoms in total. The number of rotatable bonds is 1. The fourth-order valence-electron chi connectivity index (χ4n) is 3.80. The van der Waals surface area contributed by atoms with Crippen molar-refractivity contribution in [2.24, 2.45) is 10.8 Å². The van der Waals surface area contributed by atoms with Crippen molar-refractivity contribution in [3.05, 3.63) is 23.8 Å². The molecule has 1 saturated carbocycles. The highest BCUT2D eigenvalue weighted by atomic mass is 16.5. The molecule has 100 valence electrons. The Bertz CT molecular complexity index is 403. The van der Waals surface area contributed by atoms with Gasteiger partial charge in [0.1, 0.15) is 0 Å². The minimum Gasteiger partial charge on any atom is -0.466 e. The summed E-state index contributed by atoms with van der Waals surface area (Å²) in [6.45, 7) is 9.04. The van der Waals surface area contributed by atoms with E-state index < -0.39 is 0 Å². The Balaban J connectivity index is 2.26. The van der Waals surface area contributed by atoms with Gasteiger partial charge in [0.15, 0.2) is 0 Å². The van der Waals surface area contributed by atoms with Crippen LogP contribution in [0.5, 0.6) is 0 Å². The van der Waals surface area contributed by atoms with E-state index in [2.05, 4.69) is 26.5 Å². The molecule has 0 aromatic carbocycles. The van der Waals surface area contributed by atoms with Crippen molar-refractivity contribution in [3.63, 3.8) is 0 Å². The first kappa shape index (κ1) is 13.4. The van der Waals surface area contributed by atoms with Gasteiger partial charge in [0.2, 0.25) is 0 Å². The van der Waals surface area contributed by atoms with Crippen molar-refractivity contribution < 1.29 is 9.53 Å². The van der Waals surface area contributed by atoms with E-state index in [1.807, 2.05) is 0 Å². The van der Waals surface area contributed by atoms with E-state index in [4.69, 9.17) is 4.74 Å². The largest absolute Gasteiger partial charge is 0.466 e. The fourth-order valence-corrected chi connectivity index (χ4v) is 3.80. The molecule has 0 aromatic rings. The smallest absolute Gasteiger partial charge is 0.333 e. The van der Waals surface area contributed by atoms with Crippen LogP contribution in [0.25, 0.3) is 0 Å². The topological polar surface area (TPSA) is 26.3 Å². The molecule has 0 heterocycles. The van der Waals surface area contributed by atoms with Crippen LogP contribution >= 0.6 is 0 Å². The monoisotopic (exact) mass is 248 g/mol. The van der Waals surface area contributed by atoms with E-state index >= 15 is 0 Å². The van der Waals surface area contributed by atoms with Gasteiger partial charge in [-0.1, -0.05) is 32.1 Å². The summed E-state index contributed by atoms with van der Waals surface area (Å²) in [7, 11) is 1.46. The Morgan fingerprint density at radius 1 is 1.33 bits per heavy atom. The number of allylic oxidation sites excluding steroid dienone is 2. The Morgan fingerprint density at radius 2 is 2.06 bits per heavy atom. The van der Waals surface area contributed by atoms with E-state index in [9.17, 15) is 4.79 Å². The zero-order valence-corrected chi connectivity index (χ0v) is 11.8. The number of esters is 1. The van der Waals surface area contributed by atoms with Gasteiger partial charge in [-0.3, -0.25) is 0 Å². The fraction of sp³-hybridized carbons (Fsp3) is 0.688. The average Bonchev–Trinajstić information content (AvgIpc) is 2.36. The van der Waals surface area contributed by atoms with E-state index in [1.54, 1.807) is 0 Å². The highest BCUT2D eigenvalue weighted by Gasteiger charge is 2.49. The lowest BCUT2D eigenvalue weighted by molar-refractivity contribution is -0.136. The molecule has 2 rings (SSSR count). The number of carbonyl (C=O) groups excluding carboxylic acids is 1. The Labute approximate surface area is 110 Å². The molecule has 1 spiro atoms. The lowest BCUT2D eigenvalue weighted by Crippen LogP contribution is -2.43. The van der Waals surface area contributed by atoms with Gasteiger partial charge in [-0.2, -0.15) is 0 Å². The summed E-state index contributed by atoms with van der Waals surface area (Å²) in [5, 5.41) is 0. The number of carbonyl (C=O) groups is 1. The van der Waals surface area contributed by atoms with Gasteiger partial charge in [0, 0.05) is 5.57 Å². The molecular weight excluding hydrogens is 224 g/mol. The first-order valence-corrected chi connectivity index (χ1v) is 6.88. The van der Waals surface area contributed by atoms with Gasteiger partial charge in [-0.25, -0.2) is 4.79 Å². The molecule has 2 heteroatoms. The van der Waals surface area contributed by atoms with Gasteiger partial charge in [-0.15, -0.1) is 0 Å². The van der Waals surface area contributed by atoms with E-state index in [-0.39, 0.29) is 11.4 Å². The number of hydrogen-bond donors (Lipinski definition) is 0. The average molecular weight is 248 g/mol. The van der Waals surface area contributed by atoms with Crippen LogP contribution in [-0.2, 0) is 9.53 Å². The van der Waals surface area contributed by atoms with E-state index in [1.165, 1.54) is 25.5 Å². The molecule has 1 atom stereocenters. The summed E-state index contributed by atoms with van der Waals surface area (Å²) in [4.78, 5) is 11.6. The van der Waals surface area contributed by atoms with Gasteiger partial charge in [0.25, 0.3) is 0 Å². The second-order valence-electron chi connectivity index (χ2n) is 6.35. The molecule has 2 aliphatic rings. The predicted octanol–water partition coefficient (Wildman–Crippen LogP) is 4.02. The van der Waals surface area contributed by atoms with Crippen molar-refractivity contribution >= 4 is 5.97 Å². The molecule has 0 N–H and O–H groups in total. The second-order valence-corrected chi connectivity index (χ2v) is 6.35. The maximum atomic E-state index is 11.6. The summed E-state index contributed by atoms with van der Waals surface area (Å²) in [6, 6.07) is 0. The SMILES string of the molecule is C=C1CCCC(C)(C)[C@]12CC=C(C(=O)OC)CC2. The summed E-state index contributed by atoms with van der Waals surface area (Å²) >= 11 is 0. The van der Waals surface area contributed by atoms with Gasteiger partial charge >= 0.3 is 5.97 Å². The third-order valence-corrected chi connectivity index (χ3v) is 5.22. The van der Waals surface area contributed by atoms with Crippen molar-refractivity contribution in [1.29, 1.82) is 0 Å². The molecule has 2 aliphatic carbocycles. The highest BCUT2D eigenvalue weighted by molar-refractivity contribution is 5.88. The standard InChI is InChI=1S/C16H24O2/c1-12-6-5-9-15(2,3)16(12)10-7-13(8-11-16)14(17)18-4/h7H,1,5-6,8-11H2,2-4H3/t16-/m0/s1. The predicted molar refractivity (Wildman–Crippen MR) is 73.2 cm³/mol. The van der Waals surface area contributed by atoms with Crippen molar-refractivity contribution in [1.82, 2.24) is 0 Å². The molecule has 0 amide bonds. The summed E-state index contributed by atoms with van der Waals surface area (Å²) in [5.41, 5.74) is 2.72. The van der Waals surface area contributed by atoms with Crippen molar-refractivity contribution in [2.45, 2.75) is 52.4 Å². The van der Waals surface area contributed by atoms with E-state index in [0.29, 0.717) is 5.41 Å². The molecule has 0 radical (unpaired) electrons. The maximum Gasteiger partial charge on any atom is 0.333 e. The number of ether oxygens (including phenoxy) is 1. The third kappa shape index (κ3) is 1.92. The minimum absolute atomic E-state index is 0.163. The minimum atomic E-state index is -0.163. The molecule has 0 aliphatic heterocycles. The van der Waals surface area contributed by atoms with Gasteiger partial charge in [0.05, 0.1) is 7.11 Å². The Kier molecular flexibility index (Phi) is 3.39. The van der Waals surface area contributed by atoms with Crippen LogP contribution < -0.4 is 0 Å². The Morgan fingerprint density at radius 3 is 2.56 bits per heavy atom. The molecule has 0 aromatic heterocycles. The summed E-state index contributed by atoms with van der Waals surface area (Å²) < 4.78 is 4.81. The van der Waals surface area contributed by atoms with Gasteiger partial charge in [-0.05, 0) is 49.4 Å². The number of hydrogen-bond acceptors (Lipinski definition) is 2. The van der Waals surface area contributed by atoms with Crippen LogP contribution in [0.2, 0.25) is 0 Å². The molecular formula is C16H24O2. The van der Waals surface area contributed by atoms with Crippen LogP contribution in [0, 0.1) is 10.8 Å². The quantitative estimate of drug-likeness (QED) is 0.517. The lowest BCUT2D eigenvalue weighted by atomic mass is 9.51. The first-order chi connectivity index (χ1) is 8.43. The van der Waals surface area contributed by atoms with Crippen LogP contribution in [0.4, 0.5) is 0 Å². The normalized spacial score (nSPS) is 31.1. The van der Waals surface area contributed by atoms with Gasteiger partial charge < -0.3 is 4.74 Å². The van der Waals surface area contributed by atoms with E-state index in [0.717, 1.165) is 31.3 Å². The maximum absolute atomic E-state index is 11.6. The molecule has 0 unspecified atom stereocenters. The highest BCUT2D eigenvalue weighted by Crippen LogP contribution is 2.59. The van der Waals surface area contributed by atoms with Crippen LogP contribution in [0.1, 0.15) is 52.4 Å². The summed E-state index contributed by atoms with van der Waals surface area (Å²) in [5.74, 6) is -0.163. The van der Waals surface area contributed by atoms with Crippen molar-refractivity contribution in [2.75, 3.05) is 7.11 Å². The lowest BCUT2D eigenvalue weighted by Gasteiger charge is -2.53. The molecule has 18 heavy (non-hydrogen) atoms. The summed E-state index contributed by atoms with van der Waals surface area (Å²) in [6.07, 6.45) is 8.56. The van der Waals surface area contributed by atoms with Crippen LogP contribution in [0.15, 0.2) is 23.8 Å². The van der Waals surface area contributed by atoms with Crippen molar-refractivity contribution in [3.8, 4) is 0 Å². The Hall–Kier alpha value is -1.05. The molecule has 1 fully saturated rings. The third-order valence-electron chi connectivity index (χ3n) is 5.22. The number of methoxy groups -OCH3 is 1. The zero-order valence-electron chi connectivity index (χ0n) is 11.8. The molecule has 0 bridgehead atoms. The molecule has 0 saturated heterocycles. The van der Waals surface area contributed by atoms with Crippen LogP contribution in [0.3, 0.4) is 0 Å². The zero-order chi connectivity index (χ0) is 13.4. The second kappa shape index (κ2) is 4.56. The van der Waals surface area contributed by atoms with Crippen LogP contribution in [-0.4, -0.2) is 13.1 Å². The first-order valence-electron chi connectivity index (χ1n) is 6.88.